The molecule has 0 bridgehead atoms. The van der Waals surface area contributed by atoms with E-state index in [0.717, 1.165) is 23.1 Å². The predicted molar refractivity (Wildman–Crippen MR) is 104 cm³/mol. The lowest BCUT2D eigenvalue weighted by atomic mass is 10.1. The van der Waals surface area contributed by atoms with Gasteiger partial charge in [0.15, 0.2) is 0 Å². The average molecular weight is 397 g/mol. The van der Waals surface area contributed by atoms with E-state index in [0.29, 0.717) is 28.2 Å². The molecule has 0 heterocycles. The quantitative estimate of drug-likeness (QED) is 0.564. The Morgan fingerprint density at radius 1 is 1.15 bits per heavy atom. The first-order valence-electron chi connectivity index (χ1n) is 8.39. The Morgan fingerprint density at radius 2 is 1.81 bits per heavy atom. The number of rotatable bonds is 8. The predicted octanol–water partition coefficient (Wildman–Crippen LogP) is 6.34. The van der Waals surface area contributed by atoms with Gasteiger partial charge in [-0.15, -0.1) is 0 Å². The highest BCUT2D eigenvalue weighted by Gasteiger charge is 2.17. The standard InChI is InChI=1S/C20H22Cl2O4/c1-4-9-25-16(11-18(23)24)14-5-7-15(8-6-14)26-17-10-12(2)19(21)13(3)20(17)22/h5-8,10,16H,4,9,11H2,1-3H3,(H,23,24)/t16-/m0/s1. The van der Waals surface area contributed by atoms with Crippen LogP contribution in [0.5, 0.6) is 11.5 Å². The van der Waals surface area contributed by atoms with Crippen LogP contribution in [0.15, 0.2) is 30.3 Å². The highest BCUT2D eigenvalue weighted by molar-refractivity contribution is 6.37. The molecule has 2 aromatic rings. The van der Waals surface area contributed by atoms with Gasteiger partial charge in [0, 0.05) is 11.6 Å². The molecule has 0 saturated carbocycles. The molecule has 0 aliphatic rings. The third kappa shape index (κ3) is 5.13. The SMILES string of the molecule is CCCO[C@@H](CC(=O)O)c1ccc(Oc2cc(C)c(Cl)c(C)c2Cl)cc1. The first kappa shape index (κ1) is 20.6. The van der Waals surface area contributed by atoms with Gasteiger partial charge in [0.25, 0.3) is 0 Å². The molecule has 0 saturated heterocycles. The van der Waals surface area contributed by atoms with Crippen molar-refractivity contribution in [2.75, 3.05) is 6.61 Å². The van der Waals surface area contributed by atoms with E-state index in [1.807, 2.05) is 32.9 Å². The molecule has 0 aliphatic carbocycles. The summed E-state index contributed by atoms with van der Waals surface area (Å²) >= 11 is 12.5. The van der Waals surface area contributed by atoms with E-state index in [1.165, 1.54) is 0 Å². The molecule has 0 aromatic heterocycles. The number of carboxylic acid groups (broad SMARTS) is 1. The van der Waals surface area contributed by atoms with Gasteiger partial charge in [-0.3, -0.25) is 4.79 Å². The fraction of sp³-hybridized carbons (Fsp3) is 0.350. The minimum Gasteiger partial charge on any atom is -0.481 e. The number of aryl methyl sites for hydroxylation is 1. The van der Waals surface area contributed by atoms with Gasteiger partial charge in [0.2, 0.25) is 0 Å². The number of hydrogen-bond acceptors (Lipinski definition) is 3. The van der Waals surface area contributed by atoms with Crippen LogP contribution in [0.4, 0.5) is 0 Å². The lowest BCUT2D eigenvalue weighted by molar-refractivity contribution is -0.140. The van der Waals surface area contributed by atoms with Gasteiger partial charge in [0.1, 0.15) is 11.5 Å². The first-order chi connectivity index (χ1) is 12.3. The van der Waals surface area contributed by atoms with Gasteiger partial charge in [-0.25, -0.2) is 0 Å². The summed E-state index contributed by atoms with van der Waals surface area (Å²) in [5.74, 6) is 0.231. The first-order valence-corrected chi connectivity index (χ1v) is 9.15. The minimum atomic E-state index is -0.898. The second-order valence-electron chi connectivity index (χ2n) is 6.07. The smallest absolute Gasteiger partial charge is 0.306 e. The molecule has 2 aromatic carbocycles. The van der Waals surface area contributed by atoms with Crippen molar-refractivity contribution >= 4 is 29.2 Å². The topological polar surface area (TPSA) is 55.8 Å². The molecule has 0 spiro atoms. The molecule has 0 aliphatic heterocycles. The zero-order valence-corrected chi connectivity index (χ0v) is 16.5. The summed E-state index contributed by atoms with van der Waals surface area (Å²) in [5, 5.41) is 10.2. The minimum absolute atomic E-state index is 0.0817. The maximum Gasteiger partial charge on any atom is 0.306 e. The molecule has 2 rings (SSSR count). The molecule has 26 heavy (non-hydrogen) atoms. The third-order valence-corrected chi connectivity index (χ3v) is 4.98. The number of ether oxygens (including phenoxy) is 2. The van der Waals surface area contributed by atoms with Crippen LogP contribution in [0.1, 0.15) is 42.6 Å². The molecule has 1 N–H and O–H groups in total. The van der Waals surface area contributed by atoms with Crippen molar-refractivity contribution < 1.29 is 19.4 Å². The van der Waals surface area contributed by atoms with Crippen LogP contribution in [0, 0.1) is 13.8 Å². The van der Waals surface area contributed by atoms with Gasteiger partial charge in [-0.2, -0.15) is 0 Å². The fourth-order valence-electron chi connectivity index (χ4n) is 2.54. The van der Waals surface area contributed by atoms with Gasteiger partial charge in [0.05, 0.1) is 17.5 Å². The van der Waals surface area contributed by atoms with E-state index >= 15 is 0 Å². The summed E-state index contributed by atoms with van der Waals surface area (Å²) in [6.45, 7) is 6.22. The summed E-state index contributed by atoms with van der Waals surface area (Å²) in [4.78, 5) is 11.1. The summed E-state index contributed by atoms with van der Waals surface area (Å²) in [7, 11) is 0. The van der Waals surface area contributed by atoms with Crippen molar-refractivity contribution in [2.45, 2.75) is 39.7 Å². The van der Waals surface area contributed by atoms with Gasteiger partial charge in [-0.1, -0.05) is 42.3 Å². The van der Waals surface area contributed by atoms with Gasteiger partial charge >= 0.3 is 5.97 Å². The van der Waals surface area contributed by atoms with Gasteiger partial charge in [-0.05, 0) is 55.2 Å². The van der Waals surface area contributed by atoms with Crippen molar-refractivity contribution in [3.63, 3.8) is 0 Å². The lowest BCUT2D eigenvalue weighted by Gasteiger charge is -2.17. The maximum absolute atomic E-state index is 11.1. The van der Waals surface area contributed by atoms with Crippen LogP contribution in [0.3, 0.4) is 0 Å². The summed E-state index contributed by atoms with van der Waals surface area (Å²) in [6.07, 6.45) is 0.261. The highest BCUT2D eigenvalue weighted by Crippen LogP contribution is 2.38. The zero-order chi connectivity index (χ0) is 19.3. The third-order valence-electron chi connectivity index (χ3n) is 3.93. The number of benzene rings is 2. The zero-order valence-electron chi connectivity index (χ0n) is 15.0. The Labute approximate surface area is 163 Å². The van der Waals surface area contributed by atoms with Crippen molar-refractivity contribution in [3.05, 3.63) is 57.1 Å². The van der Waals surface area contributed by atoms with E-state index in [1.54, 1.807) is 18.2 Å². The van der Waals surface area contributed by atoms with Crippen LogP contribution in [0.25, 0.3) is 0 Å². The van der Waals surface area contributed by atoms with Crippen molar-refractivity contribution in [2.24, 2.45) is 0 Å². The lowest BCUT2D eigenvalue weighted by Crippen LogP contribution is -2.10. The maximum atomic E-state index is 11.1. The summed E-state index contributed by atoms with van der Waals surface area (Å²) < 4.78 is 11.5. The number of halogens is 2. The molecule has 1 atom stereocenters. The normalized spacial score (nSPS) is 12.0. The van der Waals surface area contributed by atoms with Crippen molar-refractivity contribution in [1.82, 2.24) is 0 Å². The molecule has 0 unspecified atom stereocenters. The van der Waals surface area contributed by atoms with Crippen LogP contribution in [-0.4, -0.2) is 17.7 Å². The van der Waals surface area contributed by atoms with E-state index < -0.39 is 12.1 Å². The number of carboxylic acids is 1. The number of carbonyl (C=O) groups is 1. The van der Waals surface area contributed by atoms with Crippen molar-refractivity contribution in [3.8, 4) is 11.5 Å². The Balaban J connectivity index is 2.20. The monoisotopic (exact) mass is 396 g/mol. The molecule has 4 nitrogen and oxygen atoms in total. The highest BCUT2D eigenvalue weighted by atomic mass is 35.5. The number of aliphatic carboxylic acids is 1. The van der Waals surface area contributed by atoms with E-state index in [9.17, 15) is 4.79 Å². The van der Waals surface area contributed by atoms with Crippen LogP contribution < -0.4 is 4.74 Å². The number of hydrogen-bond donors (Lipinski definition) is 1. The average Bonchev–Trinajstić information content (AvgIpc) is 2.61. The van der Waals surface area contributed by atoms with Crippen LogP contribution in [0.2, 0.25) is 10.0 Å². The van der Waals surface area contributed by atoms with E-state index in [-0.39, 0.29) is 6.42 Å². The van der Waals surface area contributed by atoms with Crippen molar-refractivity contribution in [1.29, 1.82) is 0 Å². The summed E-state index contributed by atoms with van der Waals surface area (Å²) in [6, 6.07) is 8.96. The molecule has 0 amide bonds. The van der Waals surface area contributed by atoms with E-state index in [4.69, 9.17) is 37.8 Å². The van der Waals surface area contributed by atoms with Crippen LogP contribution in [-0.2, 0) is 9.53 Å². The second-order valence-corrected chi connectivity index (χ2v) is 6.83. The Bertz CT molecular complexity index is 772. The molecule has 0 fully saturated rings. The summed E-state index contributed by atoms with van der Waals surface area (Å²) in [5.41, 5.74) is 2.45. The molecule has 6 heteroatoms. The Kier molecular flexibility index (Phi) is 7.33. The van der Waals surface area contributed by atoms with Crippen LogP contribution >= 0.6 is 23.2 Å². The molecular formula is C20H22Cl2O4. The second kappa shape index (κ2) is 9.26. The van der Waals surface area contributed by atoms with Gasteiger partial charge < -0.3 is 14.6 Å². The fourth-order valence-corrected chi connectivity index (χ4v) is 2.93. The Morgan fingerprint density at radius 3 is 2.38 bits per heavy atom. The molecule has 0 radical (unpaired) electrons. The Hall–Kier alpha value is -1.75. The van der Waals surface area contributed by atoms with E-state index in [2.05, 4.69) is 0 Å². The molecular weight excluding hydrogens is 375 g/mol. The molecule has 140 valence electrons. The largest absolute Gasteiger partial charge is 0.481 e.